The molecule has 0 aliphatic heterocycles. The summed E-state index contributed by atoms with van der Waals surface area (Å²) in [6.45, 7) is 8.07. The number of pyridine rings is 1. The molecule has 0 spiro atoms. The predicted octanol–water partition coefficient (Wildman–Crippen LogP) is 2.26. The van der Waals surface area contributed by atoms with Gasteiger partial charge in [0.05, 0.1) is 5.69 Å². The van der Waals surface area contributed by atoms with Crippen LogP contribution in [-0.4, -0.2) is 27.9 Å². The summed E-state index contributed by atoms with van der Waals surface area (Å²) in [6.07, 6.45) is 3.66. The maximum atomic E-state index is 4.57. The van der Waals surface area contributed by atoms with E-state index in [4.69, 9.17) is 0 Å². The second kappa shape index (κ2) is 6.72. The van der Waals surface area contributed by atoms with Gasteiger partial charge in [0.15, 0.2) is 0 Å². The lowest BCUT2D eigenvalue weighted by Crippen LogP contribution is -2.25. The Bertz CT molecular complexity index is 574. The molecule has 0 aromatic carbocycles. The van der Waals surface area contributed by atoms with Gasteiger partial charge in [-0.3, -0.25) is 9.67 Å². The SMILES string of the molecule is Cc1nn(C)c(N(C)Cc2ccncc2)c1CNC(C)C. The number of nitrogens with one attached hydrogen (secondary N) is 1. The Hall–Kier alpha value is -1.88. The molecule has 2 rings (SSSR count). The third-order valence-corrected chi connectivity index (χ3v) is 3.53. The lowest BCUT2D eigenvalue weighted by atomic mass is 10.2. The molecule has 21 heavy (non-hydrogen) atoms. The van der Waals surface area contributed by atoms with Gasteiger partial charge in [-0.1, -0.05) is 13.8 Å². The number of anilines is 1. The van der Waals surface area contributed by atoms with Crippen molar-refractivity contribution in [2.24, 2.45) is 7.05 Å². The third kappa shape index (κ3) is 3.82. The molecule has 2 aromatic rings. The second-order valence-electron chi connectivity index (χ2n) is 5.76. The van der Waals surface area contributed by atoms with Gasteiger partial charge < -0.3 is 10.2 Å². The van der Waals surface area contributed by atoms with Crippen molar-refractivity contribution in [3.63, 3.8) is 0 Å². The summed E-state index contributed by atoms with van der Waals surface area (Å²) in [5.41, 5.74) is 3.60. The van der Waals surface area contributed by atoms with E-state index < -0.39 is 0 Å². The first-order valence-electron chi connectivity index (χ1n) is 7.35. The summed E-state index contributed by atoms with van der Waals surface area (Å²) in [5.74, 6) is 1.16. The first-order valence-corrected chi connectivity index (χ1v) is 7.35. The first-order chi connectivity index (χ1) is 9.99. The molecule has 0 radical (unpaired) electrons. The predicted molar refractivity (Wildman–Crippen MR) is 86.3 cm³/mol. The number of nitrogens with zero attached hydrogens (tertiary/aromatic N) is 4. The molecule has 0 aliphatic carbocycles. The topological polar surface area (TPSA) is 46.0 Å². The van der Waals surface area contributed by atoms with Crippen LogP contribution >= 0.6 is 0 Å². The fourth-order valence-electron chi connectivity index (χ4n) is 2.52. The molecule has 5 heteroatoms. The lowest BCUT2D eigenvalue weighted by molar-refractivity contribution is 0.586. The van der Waals surface area contributed by atoms with E-state index in [1.165, 1.54) is 11.1 Å². The monoisotopic (exact) mass is 287 g/mol. The molecule has 0 amide bonds. The number of rotatable bonds is 6. The molecule has 2 aromatic heterocycles. The summed E-state index contributed by atoms with van der Waals surface area (Å²) in [6, 6.07) is 4.56. The highest BCUT2D eigenvalue weighted by Gasteiger charge is 2.17. The van der Waals surface area contributed by atoms with Crippen LogP contribution in [-0.2, 0) is 20.1 Å². The minimum atomic E-state index is 0.461. The van der Waals surface area contributed by atoms with Crippen molar-refractivity contribution in [3.05, 3.63) is 41.3 Å². The normalized spacial score (nSPS) is 11.1. The zero-order valence-electron chi connectivity index (χ0n) is 13.6. The van der Waals surface area contributed by atoms with Crippen LogP contribution in [0.3, 0.4) is 0 Å². The minimum Gasteiger partial charge on any atom is -0.355 e. The number of aromatic nitrogens is 3. The van der Waals surface area contributed by atoms with Crippen molar-refractivity contribution >= 4 is 5.82 Å². The lowest BCUT2D eigenvalue weighted by Gasteiger charge is -2.21. The average molecular weight is 287 g/mol. The summed E-state index contributed by atoms with van der Waals surface area (Å²) in [4.78, 5) is 6.31. The summed E-state index contributed by atoms with van der Waals surface area (Å²) < 4.78 is 1.97. The highest BCUT2D eigenvalue weighted by atomic mass is 15.4. The van der Waals surface area contributed by atoms with E-state index in [0.717, 1.165) is 24.6 Å². The smallest absolute Gasteiger partial charge is 0.131 e. The maximum absolute atomic E-state index is 4.57. The maximum Gasteiger partial charge on any atom is 0.131 e. The van der Waals surface area contributed by atoms with Gasteiger partial charge >= 0.3 is 0 Å². The van der Waals surface area contributed by atoms with Crippen molar-refractivity contribution in [1.29, 1.82) is 0 Å². The van der Waals surface area contributed by atoms with E-state index in [9.17, 15) is 0 Å². The van der Waals surface area contributed by atoms with Crippen LogP contribution in [0.5, 0.6) is 0 Å². The van der Waals surface area contributed by atoms with Gasteiger partial charge in [-0.25, -0.2) is 0 Å². The van der Waals surface area contributed by atoms with Gasteiger partial charge in [0.2, 0.25) is 0 Å². The molecule has 0 bridgehead atoms. The van der Waals surface area contributed by atoms with Gasteiger partial charge in [-0.15, -0.1) is 0 Å². The van der Waals surface area contributed by atoms with E-state index in [2.05, 4.69) is 48.1 Å². The molecule has 0 fully saturated rings. The summed E-state index contributed by atoms with van der Waals surface area (Å²) in [7, 11) is 4.11. The Kier molecular flexibility index (Phi) is 4.96. The van der Waals surface area contributed by atoms with E-state index in [1.807, 2.05) is 36.3 Å². The molecule has 2 heterocycles. The molecule has 0 atom stereocenters. The van der Waals surface area contributed by atoms with E-state index in [1.54, 1.807) is 0 Å². The molecule has 0 aliphatic rings. The van der Waals surface area contributed by atoms with Gasteiger partial charge in [0.25, 0.3) is 0 Å². The van der Waals surface area contributed by atoms with Crippen LogP contribution in [0.15, 0.2) is 24.5 Å². The van der Waals surface area contributed by atoms with Crippen molar-refractivity contribution in [3.8, 4) is 0 Å². The molecule has 0 saturated carbocycles. The fraction of sp³-hybridized carbons (Fsp3) is 0.500. The Balaban J connectivity index is 2.21. The van der Waals surface area contributed by atoms with Crippen LogP contribution in [0.2, 0.25) is 0 Å². The zero-order chi connectivity index (χ0) is 15.4. The average Bonchev–Trinajstić information content (AvgIpc) is 2.71. The van der Waals surface area contributed by atoms with Crippen molar-refractivity contribution in [1.82, 2.24) is 20.1 Å². The zero-order valence-corrected chi connectivity index (χ0v) is 13.6. The molecule has 5 nitrogen and oxygen atoms in total. The van der Waals surface area contributed by atoms with Gasteiger partial charge in [0.1, 0.15) is 5.82 Å². The quantitative estimate of drug-likeness (QED) is 0.885. The van der Waals surface area contributed by atoms with Crippen molar-refractivity contribution < 1.29 is 0 Å². The van der Waals surface area contributed by atoms with E-state index in [0.29, 0.717) is 6.04 Å². The van der Waals surface area contributed by atoms with Crippen LogP contribution in [0.4, 0.5) is 5.82 Å². The molecular weight excluding hydrogens is 262 g/mol. The largest absolute Gasteiger partial charge is 0.355 e. The number of hydrogen-bond acceptors (Lipinski definition) is 4. The van der Waals surface area contributed by atoms with E-state index in [-0.39, 0.29) is 0 Å². The Morgan fingerprint density at radius 3 is 2.57 bits per heavy atom. The molecule has 1 N–H and O–H groups in total. The number of aryl methyl sites for hydroxylation is 2. The molecule has 0 unspecified atom stereocenters. The molecular formula is C16H25N5. The summed E-state index contributed by atoms with van der Waals surface area (Å²) in [5, 5.41) is 8.06. The van der Waals surface area contributed by atoms with E-state index >= 15 is 0 Å². The Labute approximate surface area is 127 Å². The van der Waals surface area contributed by atoms with Gasteiger partial charge in [-0.05, 0) is 24.6 Å². The first kappa shape index (κ1) is 15.5. The minimum absolute atomic E-state index is 0.461. The highest BCUT2D eigenvalue weighted by molar-refractivity contribution is 5.50. The fourth-order valence-corrected chi connectivity index (χ4v) is 2.52. The Morgan fingerprint density at radius 1 is 1.29 bits per heavy atom. The molecule has 0 saturated heterocycles. The van der Waals surface area contributed by atoms with Crippen molar-refractivity contribution in [2.45, 2.75) is 39.9 Å². The van der Waals surface area contributed by atoms with Crippen LogP contribution in [0, 0.1) is 6.92 Å². The van der Waals surface area contributed by atoms with Crippen LogP contribution < -0.4 is 10.2 Å². The molecule has 114 valence electrons. The van der Waals surface area contributed by atoms with Gasteiger partial charge in [0, 0.05) is 51.2 Å². The Morgan fingerprint density at radius 2 is 1.95 bits per heavy atom. The summed E-state index contributed by atoms with van der Waals surface area (Å²) >= 11 is 0. The van der Waals surface area contributed by atoms with Gasteiger partial charge in [-0.2, -0.15) is 5.10 Å². The van der Waals surface area contributed by atoms with Crippen LogP contribution in [0.1, 0.15) is 30.7 Å². The third-order valence-electron chi connectivity index (χ3n) is 3.53. The van der Waals surface area contributed by atoms with Crippen LogP contribution in [0.25, 0.3) is 0 Å². The highest BCUT2D eigenvalue weighted by Crippen LogP contribution is 2.23. The standard InChI is InChI=1S/C16H25N5/c1-12(2)18-10-15-13(3)19-21(5)16(15)20(4)11-14-6-8-17-9-7-14/h6-9,12,18H,10-11H2,1-5H3. The van der Waals surface area contributed by atoms with Crippen molar-refractivity contribution in [2.75, 3.05) is 11.9 Å². The number of hydrogen-bond donors (Lipinski definition) is 1. The second-order valence-corrected chi connectivity index (χ2v) is 5.76.